The third-order valence-electron chi connectivity index (χ3n) is 6.75. The van der Waals surface area contributed by atoms with Gasteiger partial charge in [-0.15, -0.1) is 0 Å². The van der Waals surface area contributed by atoms with Gasteiger partial charge in [0.05, 0.1) is 18.2 Å². The lowest BCUT2D eigenvalue weighted by atomic mass is 9.81. The van der Waals surface area contributed by atoms with Gasteiger partial charge in [0.1, 0.15) is 0 Å². The molecule has 1 saturated heterocycles. The number of rotatable bonds is 5. The summed E-state index contributed by atoms with van der Waals surface area (Å²) >= 11 is 0. The Balaban J connectivity index is 1.48. The van der Waals surface area contributed by atoms with Gasteiger partial charge in [0.25, 0.3) is 11.8 Å². The first kappa shape index (κ1) is 24.5. The van der Waals surface area contributed by atoms with Gasteiger partial charge >= 0.3 is 5.97 Å². The highest BCUT2D eigenvalue weighted by Gasteiger charge is 2.23. The molecule has 3 N–H and O–H groups in total. The van der Waals surface area contributed by atoms with Crippen LogP contribution in [0.3, 0.4) is 0 Å². The van der Waals surface area contributed by atoms with Crippen molar-refractivity contribution in [2.45, 2.75) is 31.6 Å². The second-order valence-electron chi connectivity index (χ2n) is 9.02. The number of esters is 1. The zero-order valence-electron chi connectivity index (χ0n) is 20.1. The van der Waals surface area contributed by atoms with Crippen LogP contribution in [0.4, 0.5) is 5.69 Å². The fraction of sp³-hybridized carbons (Fsp3) is 0.370. The van der Waals surface area contributed by atoms with Gasteiger partial charge in [-0.2, -0.15) is 0 Å². The molecular formula is C27H32N4O4. The molecule has 0 aromatic heterocycles. The van der Waals surface area contributed by atoms with Gasteiger partial charge in [0.15, 0.2) is 0 Å². The van der Waals surface area contributed by atoms with Crippen molar-refractivity contribution >= 4 is 23.5 Å². The number of ether oxygens (including phenoxy) is 1. The van der Waals surface area contributed by atoms with Gasteiger partial charge in [-0.3, -0.25) is 20.4 Å². The van der Waals surface area contributed by atoms with Crippen molar-refractivity contribution in [3.05, 3.63) is 76.9 Å². The molecule has 0 bridgehead atoms. The topological polar surface area (TPSA) is 99.8 Å². The lowest BCUT2D eigenvalue weighted by molar-refractivity contribution is 0.0600. The molecule has 2 aromatic rings. The van der Waals surface area contributed by atoms with Gasteiger partial charge in [0.2, 0.25) is 0 Å². The van der Waals surface area contributed by atoms with Gasteiger partial charge in [-0.05, 0) is 73.6 Å². The molecule has 1 heterocycles. The summed E-state index contributed by atoms with van der Waals surface area (Å²) in [6.45, 7) is 7.45. The predicted molar refractivity (Wildman–Crippen MR) is 135 cm³/mol. The molecule has 184 valence electrons. The van der Waals surface area contributed by atoms with E-state index in [1.165, 1.54) is 42.5 Å². The van der Waals surface area contributed by atoms with Crippen molar-refractivity contribution in [1.82, 2.24) is 16.2 Å². The highest BCUT2D eigenvalue weighted by atomic mass is 16.5. The third kappa shape index (κ3) is 5.89. The number of hydrogen-bond donors (Lipinski definition) is 3. The third-order valence-corrected chi connectivity index (χ3v) is 6.75. The Morgan fingerprint density at radius 3 is 2.23 bits per heavy atom. The van der Waals surface area contributed by atoms with E-state index < -0.39 is 11.9 Å². The molecule has 0 atom stereocenters. The van der Waals surface area contributed by atoms with E-state index in [9.17, 15) is 14.4 Å². The normalized spacial score (nSPS) is 16.5. The highest BCUT2D eigenvalue weighted by molar-refractivity contribution is 6.02. The Morgan fingerprint density at radius 2 is 1.57 bits per heavy atom. The standard InChI is InChI=1S/C27H32N4O4/c1-18-3-5-19(6-4-18)22-11-12-23(24(17-22)31-15-13-28-14-16-31)26(33)30-29-25(32)20-7-9-21(10-8-20)27(34)35-2/h7-12,17,19,28H,1,3-6,13-16H2,2H3,(H,29,32)(H,30,33). The van der Waals surface area contributed by atoms with Crippen LogP contribution in [0.1, 0.15) is 68.2 Å². The number of allylic oxidation sites excluding steroid dienone is 1. The highest BCUT2D eigenvalue weighted by Crippen LogP contribution is 2.37. The minimum atomic E-state index is -0.479. The van der Waals surface area contributed by atoms with Crippen LogP contribution in [0.25, 0.3) is 0 Å². The molecule has 0 spiro atoms. The monoisotopic (exact) mass is 476 g/mol. The Labute approximate surface area is 205 Å². The number of benzene rings is 2. The second kappa shape index (κ2) is 11.2. The number of nitrogens with one attached hydrogen (secondary N) is 3. The number of piperazine rings is 1. The molecular weight excluding hydrogens is 444 g/mol. The maximum absolute atomic E-state index is 13.1. The first-order valence-corrected chi connectivity index (χ1v) is 12.0. The first-order chi connectivity index (χ1) is 17.0. The molecule has 1 aliphatic carbocycles. The maximum atomic E-state index is 13.1. The van der Waals surface area contributed by atoms with Crippen molar-refractivity contribution in [2.24, 2.45) is 0 Å². The smallest absolute Gasteiger partial charge is 0.337 e. The van der Waals surface area contributed by atoms with Crippen molar-refractivity contribution in [3.63, 3.8) is 0 Å². The summed E-state index contributed by atoms with van der Waals surface area (Å²) in [6, 6.07) is 12.1. The van der Waals surface area contributed by atoms with E-state index in [1.54, 1.807) is 0 Å². The number of carbonyl (C=O) groups excluding carboxylic acids is 3. The lowest BCUT2D eigenvalue weighted by Crippen LogP contribution is -2.45. The Morgan fingerprint density at radius 1 is 0.943 bits per heavy atom. The molecule has 1 saturated carbocycles. The van der Waals surface area contributed by atoms with Gasteiger partial charge < -0.3 is 15.0 Å². The second-order valence-corrected chi connectivity index (χ2v) is 9.02. The summed E-state index contributed by atoms with van der Waals surface area (Å²) in [6.07, 6.45) is 4.25. The molecule has 0 radical (unpaired) electrons. The average molecular weight is 477 g/mol. The van der Waals surface area contributed by atoms with Crippen LogP contribution in [-0.2, 0) is 4.74 Å². The molecule has 35 heavy (non-hydrogen) atoms. The summed E-state index contributed by atoms with van der Waals surface area (Å²) in [4.78, 5) is 39.5. The number of methoxy groups -OCH3 is 1. The fourth-order valence-electron chi connectivity index (χ4n) is 4.65. The molecule has 1 aliphatic heterocycles. The number of hydrazine groups is 1. The largest absolute Gasteiger partial charge is 0.465 e. The number of carbonyl (C=O) groups is 3. The van der Waals surface area contributed by atoms with Crippen LogP contribution in [0.5, 0.6) is 0 Å². The molecule has 2 aromatic carbocycles. The number of hydrogen-bond acceptors (Lipinski definition) is 6. The van der Waals surface area contributed by atoms with Gasteiger partial charge in [-0.1, -0.05) is 18.2 Å². The molecule has 2 aliphatic rings. The van der Waals surface area contributed by atoms with E-state index in [0.29, 0.717) is 22.6 Å². The van der Waals surface area contributed by atoms with Crippen LogP contribution in [0.2, 0.25) is 0 Å². The van der Waals surface area contributed by atoms with Crippen LogP contribution in [0, 0.1) is 0 Å². The van der Waals surface area contributed by atoms with E-state index in [1.807, 2.05) is 12.1 Å². The van der Waals surface area contributed by atoms with E-state index in [0.717, 1.165) is 57.5 Å². The number of anilines is 1. The predicted octanol–water partition coefficient (Wildman–Crippen LogP) is 3.17. The average Bonchev–Trinajstić information content (AvgIpc) is 2.91. The Bertz CT molecular complexity index is 1100. The molecule has 4 rings (SSSR count). The molecule has 0 unspecified atom stereocenters. The van der Waals surface area contributed by atoms with Gasteiger partial charge in [0, 0.05) is 37.4 Å². The van der Waals surface area contributed by atoms with Crippen LogP contribution < -0.4 is 21.1 Å². The molecule has 8 nitrogen and oxygen atoms in total. The van der Waals surface area contributed by atoms with E-state index in [4.69, 9.17) is 0 Å². The molecule has 8 heteroatoms. The summed E-state index contributed by atoms with van der Waals surface area (Å²) < 4.78 is 4.67. The zero-order valence-corrected chi connectivity index (χ0v) is 20.1. The molecule has 2 fully saturated rings. The van der Waals surface area contributed by atoms with Crippen LogP contribution >= 0.6 is 0 Å². The summed E-state index contributed by atoms with van der Waals surface area (Å²) in [5.74, 6) is -0.863. The summed E-state index contributed by atoms with van der Waals surface area (Å²) in [5, 5.41) is 3.35. The summed E-state index contributed by atoms with van der Waals surface area (Å²) in [7, 11) is 1.30. The van der Waals surface area contributed by atoms with Crippen molar-refractivity contribution in [2.75, 3.05) is 38.2 Å². The first-order valence-electron chi connectivity index (χ1n) is 12.0. The Kier molecular flexibility index (Phi) is 7.82. The maximum Gasteiger partial charge on any atom is 0.337 e. The van der Waals surface area contributed by atoms with Crippen LogP contribution in [0.15, 0.2) is 54.6 Å². The molecule has 2 amide bonds. The fourth-order valence-corrected chi connectivity index (χ4v) is 4.65. The SMILES string of the molecule is C=C1CCC(c2ccc(C(=O)NNC(=O)c3ccc(C(=O)OC)cc3)c(N3CCNCC3)c2)CC1. The minimum absolute atomic E-state index is 0.314. The van der Waals surface area contributed by atoms with Gasteiger partial charge in [-0.25, -0.2) is 4.79 Å². The Hall–Kier alpha value is -3.65. The van der Waals surface area contributed by atoms with E-state index in [-0.39, 0.29) is 5.91 Å². The van der Waals surface area contributed by atoms with Crippen LogP contribution in [-0.4, -0.2) is 51.1 Å². The summed E-state index contributed by atoms with van der Waals surface area (Å²) in [5.41, 5.74) is 9.66. The number of nitrogens with zero attached hydrogens (tertiary/aromatic N) is 1. The minimum Gasteiger partial charge on any atom is -0.465 e. The van der Waals surface area contributed by atoms with Crippen molar-refractivity contribution in [3.8, 4) is 0 Å². The lowest BCUT2D eigenvalue weighted by Gasteiger charge is -2.32. The van der Waals surface area contributed by atoms with E-state index >= 15 is 0 Å². The zero-order chi connectivity index (χ0) is 24.8. The van der Waals surface area contributed by atoms with Crippen molar-refractivity contribution < 1.29 is 19.1 Å². The number of amides is 2. The van der Waals surface area contributed by atoms with E-state index in [2.05, 4.69) is 38.5 Å². The quantitative estimate of drug-likeness (QED) is 0.348. The van der Waals surface area contributed by atoms with Crippen molar-refractivity contribution in [1.29, 1.82) is 0 Å².